The molecule has 0 heterocycles. The molecule has 0 atom stereocenters. The molecule has 6 heteroatoms. The van der Waals surface area contributed by atoms with Crippen molar-refractivity contribution in [3.05, 3.63) is 12.4 Å². The summed E-state index contributed by atoms with van der Waals surface area (Å²) in [5.74, 6) is 1.32. The van der Waals surface area contributed by atoms with E-state index in [2.05, 4.69) is 29.5 Å². The molecule has 0 aliphatic heterocycles. The largest absolute Gasteiger partial charge is 0.359 e. The number of nitrogens with zero attached hydrogens (tertiary/aromatic N) is 3. The van der Waals surface area contributed by atoms with Crippen LogP contribution in [0.5, 0.6) is 0 Å². The van der Waals surface area contributed by atoms with Gasteiger partial charge < -0.3 is 15.1 Å². The molecule has 0 aliphatic carbocycles. The van der Waals surface area contributed by atoms with Gasteiger partial charge in [-0.15, -0.1) is 0 Å². The first kappa shape index (κ1) is 14.6. The van der Waals surface area contributed by atoms with E-state index in [1.165, 1.54) is 0 Å². The Labute approximate surface area is 102 Å². The maximum absolute atomic E-state index is 5.88. The predicted octanol–water partition coefficient (Wildman–Crippen LogP) is 1.02. The Morgan fingerprint density at radius 1 is 1.47 bits per heavy atom. The lowest BCUT2D eigenvalue weighted by Crippen LogP contribution is -2.28. The molecule has 0 saturated heterocycles. The standard InChI is InChI=1S/C9H19ClN4S/c1-8(12-9(10)13(2)3)14(4)6-5-11-7-15/h11,15H,1,5-7H2,2-4H3. The van der Waals surface area contributed by atoms with Crippen LogP contribution in [-0.2, 0) is 0 Å². The van der Waals surface area contributed by atoms with Crippen molar-refractivity contribution in [1.82, 2.24) is 15.1 Å². The van der Waals surface area contributed by atoms with E-state index in [1.807, 2.05) is 26.0 Å². The smallest absolute Gasteiger partial charge is 0.199 e. The van der Waals surface area contributed by atoms with Gasteiger partial charge >= 0.3 is 0 Å². The van der Waals surface area contributed by atoms with Gasteiger partial charge in [0.25, 0.3) is 0 Å². The van der Waals surface area contributed by atoms with Crippen molar-refractivity contribution >= 4 is 29.5 Å². The lowest BCUT2D eigenvalue weighted by atomic mass is 10.5. The van der Waals surface area contributed by atoms with Crippen molar-refractivity contribution in [3.63, 3.8) is 0 Å². The van der Waals surface area contributed by atoms with Crippen LogP contribution in [0.2, 0.25) is 0 Å². The second-order valence-corrected chi connectivity index (χ2v) is 3.93. The molecule has 0 aromatic rings. The summed E-state index contributed by atoms with van der Waals surface area (Å²) >= 11 is 9.93. The van der Waals surface area contributed by atoms with Crippen LogP contribution in [0.25, 0.3) is 0 Å². The zero-order valence-electron chi connectivity index (χ0n) is 9.50. The SMILES string of the molecule is C=C(N=C(Cl)N(C)C)N(C)CCNCS. The van der Waals surface area contributed by atoms with Gasteiger partial charge in [-0.1, -0.05) is 6.58 Å². The van der Waals surface area contributed by atoms with Gasteiger partial charge in [-0.25, -0.2) is 4.99 Å². The zero-order valence-corrected chi connectivity index (χ0v) is 11.1. The topological polar surface area (TPSA) is 30.9 Å². The third kappa shape index (κ3) is 6.65. The minimum atomic E-state index is 0.425. The molecule has 0 aliphatic rings. The lowest BCUT2D eigenvalue weighted by molar-refractivity contribution is 0.411. The van der Waals surface area contributed by atoms with Gasteiger partial charge in [0, 0.05) is 40.1 Å². The summed E-state index contributed by atoms with van der Waals surface area (Å²) in [5, 5.41) is 3.52. The Balaban J connectivity index is 4.04. The first-order valence-electron chi connectivity index (χ1n) is 4.62. The summed E-state index contributed by atoms with van der Waals surface area (Å²) in [4.78, 5) is 7.81. The summed E-state index contributed by atoms with van der Waals surface area (Å²) in [5.41, 5.74) is 0. The van der Waals surface area contributed by atoms with Gasteiger partial charge in [0.1, 0.15) is 5.82 Å². The summed E-state index contributed by atoms with van der Waals surface area (Å²) in [6.45, 7) is 5.50. The highest BCUT2D eigenvalue weighted by molar-refractivity contribution is 7.80. The van der Waals surface area contributed by atoms with Crippen molar-refractivity contribution in [1.29, 1.82) is 0 Å². The van der Waals surface area contributed by atoms with Crippen LogP contribution in [0.1, 0.15) is 0 Å². The van der Waals surface area contributed by atoms with Crippen LogP contribution in [0.15, 0.2) is 17.4 Å². The molecule has 4 nitrogen and oxygen atoms in total. The Morgan fingerprint density at radius 2 is 2.07 bits per heavy atom. The number of aliphatic imine (C=N–C) groups is 1. The highest BCUT2D eigenvalue weighted by Gasteiger charge is 2.02. The summed E-state index contributed by atoms with van der Waals surface area (Å²) in [7, 11) is 5.59. The van der Waals surface area contributed by atoms with Gasteiger partial charge in [-0.2, -0.15) is 12.6 Å². The predicted molar refractivity (Wildman–Crippen MR) is 70.6 cm³/mol. The highest BCUT2D eigenvalue weighted by Crippen LogP contribution is 2.02. The monoisotopic (exact) mass is 250 g/mol. The average molecular weight is 251 g/mol. The van der Waals surface area contributed by atoms with Gasteiger partial charge in [0.15, 0.2) is 5.29 Å². The van der Waals surface area contributed by atoms with Crippen molar-refractivity contribution in [2.24, 2.45) is 4.99 Å². The number of nitrogens with one attached hydrogen (secondary N) is 1. The quantitative estimate of drug-likeness (QED) is 0.184. The molecule has 1 N–H and O–H groups in total. The number of halogens is 1. The lowest BCUT2D eigenvalue weighted by Gasteiger charge is -2.19. The van der Waals surface area contributed by atoms with E-state index < -0.39 is 0 Å². The van der Waals surface area contributed by atoms with Gasteiger partial charge in [-0.3, -0.25) is 0 Å². The third-order valence-corrected chi connectivity index (χ3v) is 2.41. The minimum Gasteiger partial charge on any atom is -0.359 e. The van der Waals surface area contributed by atoms with Gasteiger partial charge in [-0.05, 0) is 11.6 Å². The van der Waals surface area contributed by atoms with E-state index in [0.717, 1.165) is 13.1 Å². The first-order valence-corrected chi connectivity index (χ1v) is 5.63. The van der Waals surface area contributed by atoms with Gasteiger partial charge in [0.05, 0.1) is 0 Å². The molecule has 0 unspecified atom stereocenters. The number of thiol groups is 1. The highest BCUT2D eigenvalue weighted by atomic mass is 35.5. The number of amidine groups is 1. The van der Waals surface area contributed by atoms with Crippen LogP contribution in [0, 0.1) is 0 Å². The Morgan fingerprint density at radius 3 is 2.53 bits per heavy atom. The van der Waals surface area contributed by atoms with Crippen LogP contribution < -0.4 is 5.32 Å². The fourth-order valence-corrected chi connectivity index (χ4v) is 1.00. The molecule has 0 bridgehead atoms. The Bertz CT molecular complexity index is 230. The van der Waals surface area contributed by atoms with Crippen molar-refractivity contribution in [2.45, 2.75) is 0 Å². The van der Waals surface area contributed by atoms with E-state index in [4.69, 9.17) is 11.6 Å². The molecular formula is C9H19ClN4S. The second kappa shape index (κ2) is 7.84. The summed E-state index contributed by atoms with van der Waals surface area (Å²) < 4.78 is 0. The number of hydrogen-bond acceptors (Lipinski definition) is 4. The van der Waals surface area contributed by atoms with E-state index in [0.29, 0.717) is 17.0 Å². The number of likely N-dealkylation sites (N-methyl/N-ethyl adjacent to an activating group) is 1. The molecule has 0 fully saturated rings. The third-order valence-electron chi connectivity index (χ3n) is 1.77. The van der Waals surface area contributed by atoms with E-state index in [9.17, 15) is 0 Å². The van der Waals surface area contributed by atoms with E-state index >= 15 is 0 Å². The van der Waals surface area contributed by atoms with Crippen LogP contribution in [0.3, 0.4) is 0 Å². The number of hydrogen-bond donors (Lipinski definition) is 2. The van der Waals surface area contributed by atoms with E-state index in [1.54, 1.807) is 4.90 Å². The maximum Gasteiger partial charge on any atom is 0.199 e. The zero-order chi connectivity index (χ0) is 11.8. The van der Waals surface area contributed by atoms with Crippen molar-refractivity contribution < 1.29 is 0 Å². The molecule has 0 saturated carbocycles. The molecule has 0 aromatic carbocycles. The maximum atomic E-state index is 5.88. The minimum absolute atomic E-state index is 0.425. The normalized spacial score (nSPS) is 11.4. The second-order valence-electron chi connectivity index (χ2n) is 3.27. The fraction of sp³-hybridized carbons (Fsp3) is 0.667. The molecule has 15 heavy (non-hydrogen) atoms. The van der Waals surface area contributed by atoms with Crippen LogP contribution in [-0.4, -0.2) is 55.2 Å². The molecule has 0 amide bonds. The van der Waals surface area contributed by atoms with Crippen molar-refractivity contribution in [3.8, 4) is 0 Å². The fourth-order valence-electron chi connectivity index (χ4n) is 0.747. The number of rotatable bonds is 6. The summed E-state index contributed by atoms with van der Waals surface area (Å²) in [6.07, 6.45) is 0. The molecular weight excluding hydrogens is 232 g/mol. The molecule has 0 rings (SSSR count). The van der Waals surface area contributed by atoms with Crippen LogP contribution >= 0.6 is 24.2 Å². The van der Waals surface area contributed by atoms with E-state index in [-0.39, 0.29) is 0 Å². The molecule has 0 spiro atoms. The molecule has 0 aromatic heterocycles. The summed E-state index contributed by atoms with van der Waals surface area (Å²) in [6, 6.07) is 0. The van der Waals surface area contributed by atoms with Crippen molar-refractivity contribution in [2.75, 3.05) is 40.1 Å². The van der Waals surface area contributed by atoms with Crippen LogP contribution in [0.4, 0.5) is 0 Å². The Hall–Kier alpha value is -0.390. The first-order chi connectivity index (χ1) is 6.99. The average Bonchev–Trinajstić information content (AvgIpc) is 2.17. The molecule has 0 radical (unpaired) electrons. The Kier molecular flexibility index (Phi) is 7.64. The molecule has 88 valence electrons. The van der Waals surface area contributed by atoms with Gasteiger partial charge in [0.2, 0.25) is 0 Å².